The molecule has 3 nitrogen and oxygen atoms in total. The van der Waals surface area contributed by atoms with Crippen LogP contribution in [0, 0.1) is 11.3 Å². The van der Waals surface area contributed by atoms with E-state index in [4.69, 9.17) is 4.98 Å². The minimum atomic E-state index is 0.671. The number of hydrogen-bond acceptors (Lipinski definition) is 4. The molecular formula is C20H23N3S. The highest BCUT2D eigenvalue weighted by molar-refractivity contribution is 7.13. The van der Waals surface area contributed by atoms with Gasteiger partial charge in [0.1, 0.15) is 11.1 Å². The number of anilines is 1. The Hall–Kier alpha value is -2.12. The van der Waals surface area contributed by atoms with Crippen LogP contribution in [-0.4, -0.2) is 18.1 Å². The van der Waals surface area contributed by atoms with Crippen LogP contribution in [0.3, 0.4) is 0 Å². The topological polar surface area (TPSA) is 39.9 Å². The molecule has 24 heavy (non-hydrogen) atoms. The van der Waals surface area contributed by atoms with Crippen LogP contribution in [0.4, 0.5) is 5.69 Å². The third kappa shape index (κ3) is 3.52. The molecule has 0 atom stereocenters. The zero-order valence-corrected chi connectivity index (χ0v) is 15.2. The van der Waals surface area contributed by atoms with Gasteiger partial charge in [0, 0.05) is 23.7 Å². The van der Waals surface area contributed by atoms with E-state index in [1.54, 1.807) is 11.3 Å². The van der Waals surface area contributed by atoms with E-state index in [2.05, 4.69) is 49.1 Å². The molecule has 0 saturated heterocycles. The van der Waals surface area contributed by atoms with E-state index in [0.717, 1.165) is 36.5 Å². The number of benzene rings is 1. The Balaban J connectivity index is 1.85. The smallest absolute Gasteiger partial charge is 0.134 e. The van der Waals surface area contributed by atoms with Crippen LogP contribution >= 0.6 is 11.3 Å². The van der Waals surface area contributed by atoms with Gasteiger partial charge >= 0.3 is 0 Å². The van der Waals surface area contributed by atoms with Crippen LogP contribution in [0.15, 0.2) is 24.3 Å². The maximum atomic E-state index is 9.56. The second-order valence-corrected chi connectivity index (χ2v) is 7.11. The largest absolute Gasteiger partial charge is 0.372 e. The molecule has 0 unspecified atom stereocenters. The number of hydrogen-bond donors (Lipinski definition) is 0. The summed E-state index contributed by atoms with van der Waals surface area (Å²) in [5, 5.41) is 10.4. The molecule has 0 radical (unpaired) electrons. The van der Waals surface area contributed by atoms with Gasteiger partial charge in [-0.05, 0) is 63.3 Å². The van der Waals surface area contributed by atoms with E-state index in [1.807, 2.05) is 6.08 Å². The highest BCUT2D eigenvalue weighted by Gasteiger charge is 2.17. The molecule has 0 spiro atoms. The molecule has 4 heteroatoms. The molecule has 3 rings (SSSR count). The van der Waals surface area contributed by atoms with E-state index >= 15 is 0 Å². The van der Waals surface area contributed by atoms with E-state index < -0.39 is 0 Å². The van der Waals surface area contributed by atoms with Gasteiger partial charge < -0.3 is 4.90 Å². The number of nitriles is 1. The molecule has 1 aromatic carbocycles. The zero-order chi connectivity index (χ0) is 16.9. The molecule has 0 amide bonds. The summed E-state index contributed by atoms with van der Waals surface area (Å²) in [5.74, 6) is 0. The van der Waals surface area contributed by atoms with Gasteiger partial charge in [0.05, 0.1) is 11.3 Å². The first-order valence-electron chi connectivity index (χ1n) is 8.71. The van der Waals surface area contributed by atoms with E-state index in [1.165, 1.54) is 29.1 Å². The van der Waals surface area contributed by atoms with Gasteiger partial charge in [0.25, 0.3) is 0 Å². The number of aromatic nitrogens is 1. The van der Waals surface area contributed by atoms with Gasteiger partial charge in [0.2, 0.25) is 0 Å². The van der Waals surface area contributed by atoms with Crippen molar-refractivity contribution < 1.29 is 0 Å². The predicted octanol–water partition coefficient (Wildman–Crippen LogP) is 4.93. The fourth-order valence-corrected chi connectivity index (χ4v) is 4.26. The van der Waals surface area contributed by atoms with Crippen molar-refractivity contribution in [1.29, 1.82) is 5.26 Å². The fourth-order valence-electron chi connectivity index (χ4n) is 3.15. The summed E-state index contributed by atoms with van der Waals surface area (Å²) in [4.78, 5) is 8.39. The lowest BCUT2D eigenvalue weighted by molar-refractivity contribution is 0.682. The van der Waals surface area contributed by atoms with E-state index in [-0.39, 0.29) is 0 Å². The average Bonchev–Trinajstić information content (AvgIpc) is 3.06. The summed E-state index contributed by atoms with van der Waals surface area (Å²) in [6, 6.07) is 10.7. The lowest BCUT2D eigenvalue weighted by Gasteiger charge is -2.20. The first-order chi connectivity index (χ1) is 11.7. The molecule has 0 saturated carbocycles. The Bertz CT molecular complexity index is 738. The summed E-state index contributed by atoms with van der Waals surface area (Å²) in [7, 11) is 0. The number of thiazole rings is 1. The Morgan fingerprint density at radius 3 is 2.54 bits per heavy atom. The molecule has 1 aromatic heterocycles. The van der Waals surface area contributed by atoms with Gasteiger partial charge in [-0.3, -0.25) is 0 Å². The Morgan fingerprint density at radius 2 is 1.92 bits per heavy atom. The average molecular weight is 337 g/mol. The van der Waals surface area contributed by atoms with Crippen LogP contribution < -0.4 is 4.90 Å². The number of allylic oxidation sites excluding steroid dienone is 1. The van der Waals surface area contributed by atoms with Gasteiger partial charge in [-0.15, -0.1) is 11.3 Å². The molecular weight excluding hydrogens is 314 g/mol. The van der Waals surface area contributed by atoms with Crippen molar-refractivity contribution in [2.75, 3.05) is 18.0 Å². The third-order valence-electron chi connectivity index (χ3n) is 4.53. The van der Waals surface area contributed by atoms with Crippen LogP contribution in [0.2, 0.25) is 0 Å². The summed E-state index contributed by atoms with van der Waals surface area (Å²) in [6.45, 7) is 6.32. The van der Waals surface area contributed by atoms with Crippen molar-refractivity contribution in [2.24, 2.45) is 0 Å². The lowest BCUT2D eigenvalue weighted by atomic mass is 10.0. The molecule has 0 N–H and O–H groups in total. The van der Waals surface area contributed by atoms with E-state index in [0.29, 0.717) is 5.57 Å². The minimum absolute atomic E-state index is 0.671. The molecule has 1 aliphatic rings. The Labute approximate surface area is 148 Å². The van der Waals surface area contributed by atoms with Crippen molar-refractivity contribution in [3.63, 3.8) is 0 Å². The van der Waals surface area contributed by atoms with Crippen molar-refractivity contribution in [3.8, 4) is 6.07 Å². The highest BCUT2D eigenvalue weighted by Crippen LogP contribution is 2.31. The van der Waals surface area contributed by atoms with Crippen molar-refractivity contribution in [2.45, 2.75) is 39.5 Å². The second kappa shape index (κ2) is 7.63. The number of nitrogens with zero attached hydrogens (tertiary/aromatic N) is 3. The Kier molecular flexibility index (Phi) is 5.32. The fraction of sp³-hybridized carbons (Fsp3) is 0.400. The molecule has 0 bridgehead atoms. The van der Waals surface area contributed by atoms with Gasteiger partial charge in [-0.2, -0.15) is 5.26 Å². The maximum absolute atomic E-state index is 9.56. The molecule has 0 aliphatic heterocycles. The van der Waals surface area contributed by atoms with Crippen molar-refractivity contribution in [1.82, 2.24) is 4.98 Å². The monoisotopic (exact) mass is 337 g/mol. The second-order valence-electron chi connectivity index (χ2n) is 6.03. The first-order valence-corrected chi connectivity index (χ1v) is 9.52. The quantitative estimate of drug-likeness (QED) is 0.726. The molecule has 2 aromatic rings. The zero-order valence-electron chi connectivity index (χ0n) is 14.4. The van der Waals surface area contributed by atoms with Crippen LogP contribution in [-0.2, 0) is 12.8 Å². The number of rotatable bonds is 5. The molecule has 124 valence electrons. The summed E-state index contributed by atoms with van der Waals surface area (Å²) >= 11 is 1.69. The minimum Gasteiger partial charge on any atom is -0.372 e. The van der Waals surface area contributed by atoms with Crippen LogP contribution in [0.5, 0.6) is 0 Å². The van der Waals surface area contributed by atoms with Gasteiger partial charge in [0.15, 0.2) is 0 Å². The van der Waals surface area contributed by atoms with Gasteiger partial charge in [-0.25, -0.2) is 4.98 Å². The Morgan fingerprint density at radius 1 is 1.21 bits per heavy atom. The molecule has 1 heterocycles. The summed E-state index contributed by atoms with van der Waals surface area (Å²) in [6.07, 6.45) is 6.59. The highest BCUT2D eigenvalue weighted by atomic mass is 32.1. The predicted molar refractivity (Wildman–Crippen MR) is 102 cm³/mol. The molecule has 1 aliphatic carbocycles. The SMILES string of the molecule is CCN(CC)c1ccc(C=C(C#N)c2nc3c(s2)CCCC3)cc1. The van der Waals surface area contributed by atoms with Crippen molar-refractivity contribution in [3.05, 3.63) is 45.4 Å². The number of aryl methyl sites for hydroxylation is 2. The standard InChI is InChI=1S/C20H23N3S/c1-3-23(4-2)17-11-9-15(10-12-17)13-16(14-21)20-22-18-7-5-6-8-19(18)24-20/h9-13H,3-8H2,1-2H3. The van der Waals surface area contributed by atoms with Crippen LogP contribution in [0.25, 0.3) is 11.6 Å². The maximum Gasteiger partial charge on any atom is 0.134 e. The summed E-state index contributed by atoms with van der Waals surface area (Å²) in [5.41, 5.74) is 4.15. The third-order valence-corrected chi connectivity index (χ3v) is 5.72. The summed E-state index contributed by atoms with van der Waals surface area (Å²) < 4.78 is 0. The number of fused-ring (bicyclic) bond motifs is 1. The first kappa shape index (κ1) is 16.7. The normalized spacial score (nSPS) is 14.1. The van der Waals surface area contributed by atoms with Crippen LogP contribution in [0.1, 0.15) is 47.8 Å². The van der Waals surface area contributed by atoms with Gasteiger partial charge in [-0.1, -0.05) is 12.1 Å². The lowest BCUT2D eigenvalue weighted by Crippen LogP contribution is -2.21. The van der Waals surface area contributed by atoms with E-state index in [9.17, 15) is 5.26 Å². The molecule has 0 fully saturated rings. The van der Waals surface area contributed by atoms with Crippen molar-refractivity contribution >= 4 is 28.7 Å².